The first-order valence-corrected chi connectivity index (χ1v) is 9.81. The van der Waals surface area contributed by atoms with E-state index in [-0.39, 0.29) is 0 Å². The van der Waals surface area contributed by atoms with E-state index in [4.69, 9.17) is 10.1 Å². The minimum absolute atomic E-state index is 0.613. The van der Waals surface area contributed by atoms with E-state index < -0.39 is 0 Å². The van der Waals surface area contributed by atoms with E-state index in [0.29, 0.717) is 5.92 Å². The Morgan fingerprint density at radius 2 is 2.19 bits per heavy atom. The van der Waals surface area contributed by atoms with E-state index in [1.807, 2.05) is 16.8 Å². The average Bonchev–Trinajstić information content (AvgIpc) is 3.28. The predicted molar refractivity (Wildman–Crippen MR) is 104 cm³/mol. The average molecular weight is 352 g/mol. The van der Waals surface area contributed by atoms with Crippen LogP contribution in [0.4, 0.5) is 5.82 Å². The maximum Gasteiger partial charge on any atom is 0.157 e. The zero-order chi connectivity index (χ0) is 17.9. The Morgan fingerprint density at radius 3 is 3.00 bits per heavy atom. The highest BCUT2D eigenvalue weighted by Gasteiger charge is 2.23. The first kappa shape index (κ1) is 17.1. The molecule has 1 saturated heterocycles. The molecule has 0 saturated carbocycles. The van der Waals surface area contributed by atoms with E-state index in [0.717, 1.165) is 43.1 Å². The molecule has 0 radical (unpaired) electrons. The fraction of sp³-hybridized carbons (Fsp3) is 0.550. The number of hydrogen-bond acceptors (Lipinski definition) is 4. The summed E-state index contributed by atoms with van der Waals surface area (Å²) in [6, 6.07) is 6.33. The quantitative estimate of drug-likeness (QED) is 0.681. The largest absolute Gasteiger partial charge is 0.356 e. The molecule has 6 heteroatoms. The van der Waals surface area contributed by atoms with Gasteiger partial charge < -0.3 is 4.90 Å². The zero-order valence-electron chi connectivity index (χ0n) is 15.8. The van der Waals surface area contributed by atoms with E-state index >= 15 is 0 Å². The van der Waals surface area contributed by atoms with Crippen LogP contribution in [0.25, 0.3) is 5.65 Å². The summed E-state index contributed by atoms with van der Waals surface area (Å²) in [5.74, 6) is 1.79. The molecule has 4 heterocycles. The highest BCUT2D eigenvalue weighted by Crippen LogP contribution is 2.25. The van der Waals surface area contributed by atoms with Crippen LogP contribution >= 0.6 is 0 Å². The summed E-state index contributed by atoms with van der Waals surface area (Å²) >= 11 is 0. The third kappa shape index (κ3) is 3.59. The van der Waals surface area contributed by atoms with Gasteiger partial charge in [0.05, 0.1) is 5.69 Å². The molecule has 4 rings (SSSR count). The Morgan fingerprint density at radius 1 is 1.27 bits per heavy atom. The van der Waals surface area contributed by atoms with Crippen LogP contribution in [-0.2, 0) is 13.0 Å². The van der Waals surface area contributed by atoms with Crippen molar-refractivity contribution >= 4 is 11.5 Å². The van der Waals surface area contributed by atoms with Crippen LogP contribution < -0.4 is 4.90 Å². The maximum atomic E-state index is 4.86. The first-order chi connectivity index (χ1) is 12.7. The summed E-state index contributed by atoms with van der Waals surface area (Å²) in [5.41, 5.74) is 3.18. The first-order valence-electron chi connectivity index (χ1n) is 9.81. The van der Waals surface area contributed by atoms with Crippen molar-refractivity contribution in [1.82, 2.24) is 24.4 Å². The van der Waals surface area contributed by atoms with Crippen LogP contribution in [0, 0.1) is 12.8 Å². The Kier molecular flexibility index (Phi) is 4.91. The molecule has 1 aliphatic heterocycles. The molecule has 3 aromatic heterocycles. The molecule has 6 nitrogen and oxygen atoms in total. The number of piperidine rings is 1. The van der Waals surface area contributed by atoms with Gasteiger partial charge in [0.15, 0.2) is 5.65 Å². The Balaban J connectivity index is 1.59. The summed E-state index contributed by atoms with van der Waals surface area (Å²) in [4.78, 5) is 7.18. The number of fused-ring (bicyclic) bond motifs is 1. The molecule has 1 fully saturated rings. The lowest BCUT2D eigenvalue weighted by Crippen LogP contribution is -2.38. The summed E-state index contributed by atoms with van der Waals surface area (Å²) in [7, 11) is 0. The fourth-order valence-corrected chi connectivity index (χ4v) is 3.93. The fourth-order valence-electron chi connectivity index (χ4n) is 3.93. The molecular weight excluding hydrogens is 324 g/mol. The van der Waals surface area contributed by atoms with Gasteiger partial charge in [-0.3, -0.25) is 4.68 Å². The monoisotopic (exact) mass is 352 g/mol. The van der Waals surface area contributed by atoms with Crippen LogP contribution in [-0.4, -0.2) is 37.5 Å². The SMILES string of the molecule is CCCCc1cc2nc(C)cc(N3CCC[C@@H](Cn4cccn4)C3)n2n1. The highest BCUT2D eigenvalue weighted by molar-refractivity contribution is 5.52. The molecule has 0 amide bonds. The number of rotatable bonds is 6. The minimum atomic E-state index is 0.613. The van der Waals surface area contributed by atoms with Gasteiger partial charge in [0.1, 0.15) is 5.82 Å². The lowest BCUT2D eigenvalue weighted by Gasteiger charge is -2.34. The maximum absolute atomic E-state index is 4.86. The second kappa shape index (κ2) is 7.48. The smallest absolute Gasteiger partial charge is 0.157 e. The number of nitrogens with zero attached hydrogens (tertiary/aromatic N) is 6. The lowest BCUT2D eigenvalue weighted by atomic mass is 9.98. The number of hydrogen-bond donors (Lipinski definition) is 0. The van der Waals surface area contributed by atoms with Crippen molar-refractivity contribution in [2.75, 3.05) is 18.0 Å². The summed E-state index contributed by atoms with van der Waals surface area (Å²) < 4.78 is 4.10. The summed E-state index contributed by atoms with van der Waals surface area (Å²) in [6.07, 6.45) is 9.77. The normalized spacial score (nSPS) is 17.9. The molecule has 26 heavy (non-hydrogen) atoms. The van der Waals surface area contributed by atoms with Crippen LogP contribution in [0.5, 0.6) is 0 Å². The van der Waals surface area contributed by atoms with Gasteiger partial charge in [-0.1, -0.05) is 13.3 Å². The van der Waals surface area contributed by atoms with Crippen molar-refractivity contribution in [2.24, 2.45) is 5.92 Å². The van der Waals surface area contributed by atoms with Gasteiger partial charge in [0.2, 0.25) is 0 Å². The van der Waals surface area contributed by atoms with Crippen molar-refractivity contribution in [3.8, 4) is 0 Å². The Bertz CT molecular complexity index is 851. The van der Waals surface area contributed by atoms with Crippen molar-refractivity contribution in [2.45, 2.75) is 52.5 Å². The molecule has 0 aliphatic carbocycles. The molecule has 138 valence electrons. The second-order valence-corrected chi connectivity index (χ2v) is 7.45. The summed E-state index contributed by atoms with van der Waals surface area (Å²) in [6.45, 7) is 7.41. The van der Waals surface area contributed by atoms with E-state index in [1.54, 1.807) is 0 Å². The van der Waals surface area contributed by atoms with Gasteiger partial charge in [0.25, 0.3) is 0 Å². The predicted octanol–water partition coefficient (Wildman–Crippen LogP) is 3.49. The molecule has 3 aromatic rings. The summed E-state index contributed by atoms with van der Waals surface area (Å²) in [5, 5.41) is 9.24. The van der Waals surface area contributed by atoms with Crippen LogP contribution in [0.1, 0.15) is 44.0 Å². The van der Waals surface area contributed by atoms with E-state index in [2.05, 4.69) is 46.9 Å². The number of anilines is 1. The zero-order valence-corrected chi connectivity index (χ0v) is 15.8. The van der Waals surface area contributed by atoms with Gasteiger partial charge in [0, 0.05) is 49.9 Å². The molecule has 0 unspecified atom stereocenters. The van der Waals surface area contributed by atoms with Crippen LogP contribution in [0.15, 0.2) is 30.6 Å². The van der Waals surface area contributed by atoms with Crippen LogP contribution in [0.3, 0.4) is 0 Å². The second-order valence-electron chi connectivity index (χ2n) is 7.45. The van der Waals surface area contributed by atoms with Gasteiger partial charge in [-0.05, 0) is 44.6 Å². The van der Waals surface area contributed by atoms with Crippen molar-refractivity contribution in [3.63, 3.8) is 0 Å². The standard InChI is InChI=1S/C20H28N6/c1-3-4-8-18-13-19-22-16(2)12-20(26(19)23-18)24-10-5-7-17(14-24)15-25-11-6-9-21-25/h6,9,11-13,17H,3-5,7-8,10,14-15H2,1-2H3/t17-/m1/s1. The number of aryl methyl sites for hydroxylation is 2. The molecule has 1 aliphatic rings. The van der Waals surface area contributed by atoms with Crippen LogP contribution in [0.2, 0.25) is 0 Å². The third-order valence-electron chi connectivity index (χ3n) is 5.22. The molecule has 1 atom stereocenters. The van der Waals surface area contributed by atoms with Gasteiger partial charge in [-0.15, -0.1) is 0 Å². The highest BCUT2D eigenvalue weighted by atomic mass is 15.4. The molecule has 0 aromatic carbocycles. The Labute approximate surface area is 154 Å². The van der Waals surface area contributed by atoms with Crippen molar-refractivity contribution < 1.29 is 0 Å². The Hall–Kier alpha value is -2.37. The third-order valence-corrected chi connectivity index (χ3v) is 5.22. The molecule has 0 N–H and O–H groups in total. The van der Waals surface area contributed by atoms with Crippen molar-refractivity contribution in [3.05, 3.63) is 42.0 Å². The van der Waals surface area contributed by atoms with E-state index in [9.17, 15) is 0 Å². The molecular formula is C20H28N6. The number of aromatic nitrogens is 5. The lowest BCUT2D eigenvalue weighted by molar-refractivity contribution is 0.350. The topological polar surface area (TPSA) is 51.2 Å². The van der Waals surface area contributed by atoms with Crippen molar-refractivity contribution in [1.29, 1.82) is 0 Å². The van der Waals surface area contributed by atoms with Gasteiger partial charge in [-0.2, -0.15) is 14.7 Å². The van der Waals surface area contributed by atoms with Gasteiger partial charge >= 0.3 is 0 Å². The molecule has 0 bridgehead atoms. The minimum Gasteiger partial charge on any atom is -0.356 e. The molecule has 0 spiro atoms. The van der Waals surface area contributed by atoms with E-state index in [1.165, 1.54) is 31.5 Å². The number of unbranched alkanes of at least 4 members (excludes halogenated alkanes) is 1. The van der Waals surface area contributed by atoms with Gasteiger partial charge in [-0.25, -0.2) is 4.98 Å².